The van der Waals surface area contributed by atoms with E-state index in [4.69, 9.17) is 23.2 Å². The summed E-state index contributed by atoms with van der Waals surface area (Å²) in [5.74, 6) is 0. The molecule has 0 fully saturated rings. The van der Waals surface area contributed by atoms with Crippen LogP contribution in [0, 0.1) is 0 Å². The lowest BCUT2D eigenvalue weighted by Gasteiger charge is -1.99. The molecule has 0 atom stereocenters. The predicted octanol–water partition coefficient (Wildman–Crippen LogP) is 4.42. The summed E-state index contributed by atoms with van der Waals surface area (Å²) in [7, 11) is 0. The standard InChI is InChI=1S/C12H7Cl2N3S/c13-7-3-8(14)5-9(4-7)18-12-16-10-1-2-15-6-11(10)17-12/h1-6H,(H,16,17). The number of hydrogen-bond donors (Lipinski definition) is 1. The van der Waals surface area contributed by atoms with Crippen LogP contribution in [0.5, 0.6) is 0 Å². The van der Waals surface area contributed by atoms with Crippen LogP contribution >= 0.6 is 35.0 Å². The molecule has 0 saturated carbocycles. The van der Waals surface area contributed by atoms with Crippen molar-refractivity contribution in [2.75, 3.05) is 0 Å². The first-order valence-electron chi connectivity index (χ1n) is 5.14. The summed E-state index contributed by atoms with van der Waals surface area (Å²) >= 11 is 13.4. The summed E-state index contributed by atoms with van der Waals surface area (Å²) in [5, 5.41) is 2.02. The Hall–Kier alpha value is -1.23. The van der Waals surface area contributed by atoms with Gasteiger partial charge in [0.25, 0.3) is 0 Å². The molecule has 0 spiro atoms. The van der Waals surface area contributed by atoms with Crippen molar-refractivity contribution in [2.24, 2.45) is 0 Å². The van der Waals surface area contributed by atoms with Gasteiger partial charge >= 0.3 is 0 Å². The number of hydrogen-bond acceptors (Lipinski definition) is 3. The van der Waals surface area contributed by atoms with E-state index in [1.54, 1.807) is 18.5 Å². The van der Waals surface area contributed by atoms with Crippen molar-refractivity contribution in [3.05, 3.63) is 46.7 Å². The predicted molar refractivity (Wildman–Crippen MR) is 74.5 cm³/mol. The molecule has 0 amide bonds. The number of halogens is 2. The van der Waals surface area contributed by atoms with Gasteiger partial charge in [0.2, 0.25) is 0 Å². The molecule has 1 aromatic carbocycles. The van der Waals surface area contributed by atoms with Crippen LogP contribution in [0.25, 0.3) is 11.0 Å². The molecule has 0 aliphatic rings. The van der Waals surface area contributed by atoms with Crippen molar-refractivity contribution in [3.63, 3.8) is 0 Å². The van der Waals surface area contributed by atoms with E-state index in [2.05, 4.69) is 15.0 Å². The third kappa shape index (κ3) is 2.46. The van der Waals surface area contributed by atoms with Gasteiger partial charge in [-0.05, 0) is 24.3 Å². The van der Waals surface area contributed by atoms with E-state index in [1.165, 1.54) is 11.8 Å². The van der Waals surface area contributed by atoms with E-state index in [9.17, 15) is 0 Å². The minimum absolute atomic E-state index is 0.614. The van der Waals surface area contributed by atoms with Crippen molar-refractivity contribution in [1.82, 2.24) is 15.0 Å². The number of H-pyrrole nitrogens is 1. The van der Waals surface area contributed by atoms with E-state index in [0.29, 0.717) is 10.0 Å². The number of nitrogens with one attached hydrogen (secondary N) is 1. The number of fused-ring (bicyclic) bond motifs is 1. The molecular formula is C12H7Cl2N3S. The minimum atomic E-state index is 0.614. The topological polar surface area (TPSA) is 41.6 Å². The van der Waals surface area contributed by atoms with Gasteiger partial charge in [-0.1, -0.05) is 35.0 Å². The summed E-state index contributed by atoms with van der Waals surface area (Å²) in [5.41, 5.74) is 1.80. The third-order valence-electron chi connectivity index (χ3n) is 2.31. The molecule has 0 unspecified atom stereocenters. The van der Waals surface area contributed by atoms with Crippen LogP contribution in [-0.4, -0.2) is 15.0 Å². The Morgan fingerprint density at radius 3 is 2.61 bits per heavy atom. The van der Waals surface area contributed by atoms with E-state index in [1.807, 2.05) is 18.2 Å². The number of benzene rings is 1. The van der Waals surface area contributed by atoms with Gasteiger partial charge in [-0.25, -0.2) is 4.98 Å². The minimum Gasteiger partial charge on any atom is -0.331 e. The van der Waals surface area contributed by atoms with Crippen LogP contribution in [0.3, 0.4) is 0 Å². The van der Waals surface area contributed by atoms with Crippen LogP contribution in [0.15, 0.2) is 46.7 Å². The third-order valence-corrected chi connectivity index (χ3v) is 3.61. The molecule has 18 heavy (non-hydrogen) atoms. The fourth-order valence-electron chi connectivity index (χ4n) is 1.58. The highest BCUT2D eigenvalue weighted by molar-refractivity contribution is 7.99. The highest BCUT2D eigenvalue weighted by Gasteiger charge is 2.06. The number of imidazole rings is 1. The maximum absolute atomic E-state index is 5.96. The quantitative estimate of drug-likeness (QED) is 0.761. The lowest BCUT2D eigenvalue weighted by molar-refractivity contribution is 1.08. The van der Waals surface area contributed by atoms with Gasteiger partial charge in [0.15, 0.2) is 5.16 Å². The van der Waals surface area contributed by atoms with Crippen molar-refractivity contribution < 1.29 is 0 Å². The molecule has 0 aliphatic carbocycles. The number of rotatable bonds is 2. The van der Waals surface area contributed by atoms with E-state index >= 15 is 0 Å². The van der Waals surface area contributed by atoms with Gasteiger partial charge in [0.1, 0.15) is 0 Å². The molecule has 0 aliphatic heterocycles. The lowest BCUT2D eigenvalue weighted by Crippen LogP contribution is -1.77. The average Bonchev–Trinajstić information content (AvgIpc) is 2.69. The van der Waals surface area contributed by atoms with Gasteiger partial charge in [0.05, 0.1) is 17.2 Å². The second kappa shape index (κ2) is 4.80. The highest BCUT2D eigenvalue weighted by Crippen LogP contribution is 2.31. The second-order valence-electron chi connectivity index (χ2n) is 3.64. The molecule has 3 nitrogen and oxygen atoms in total. The van der Waals surface area contributed by atoms with Crippen LogP contribution in [0.2, 0.25) is 10.0 Å². The van der Waals surface area contributed by atoms with Crippen molar-refractivity contribution in [1.29, 1.82) is 0 Å². The van der Waals surface area contributed by atoms with Crippen LogP contribution in [0.4, 0.5) is 0 Å². The number of pyridine rings is 1. The number of aromatic amines is 1. The SMILES string of the molecule is Clc1cc(Cl)cc(Sc2nc3ccncc3[nH]2)c1. The Kier molecular flexibility index (Phi) is 3.16. The Morgan fingerprint density at radius 2 is 1.89 bits per heavy atom. The van der Waals surface area contributed by atoms with Crippen LogP contribution in [-0.2, 0) is 0 Å². The van der Waals surface area contributed by atoms with E-state index in [-0.39, 0.29) is 0 Å². The fourth-order valence-corrected chi connectivity index (χ4v) is 3.14. The first-order chi connectivity index (χ1) is 8.70. The molecule has 1 N–H and O–H groups in total. The van der Waals surface area contributed by atoms with Crippen molar-refractivity contribution >= 4 is 46.0 Å². The summed E-state index contributed by atoms with van der Waals surface area (Å²) in [6, 6.07) is 7.27. The van der Waals surface area contributed by atoms with Crippen molar-refractivity contribution in [2.45, 2.75) is 10.1 Å². The average molecular weight is 296 g/mol. The first kappa shape index (κ1) is 11.8. The zero-order valence-corrected chi connectivity index (χ0v) is 11.4. The zero-order chi connectivity index (χ0) is 12.5. The normalized spacial score (nSPS) is 11.0. The molecule has 0 radical (unpaired) electrons. The fraction of sp³-hybridized carbons (Fsp3) is 0. The van der Waals surface area contributed by atoms with Gasteiger partial charge < -0.3 is 4.98 Å². The molecule has 3 aromatic rings. The van der Waals surface area contributed by atoms with Gasteiger partial charge in [-0.3, -0.25) is 4.98 Å². The summed E-state index contributed by atoms with van der Waals surface area (Å²) < 4.78 is 0. The molecule has 2 heterocycles. The summed E-state index contributed by atoms with van der Waals surface area (Å²) in [6.45, 7) is 0. The maximum Gasteiger partial charge on any atom is 0.171 e. The number of aromatic nitrogens is 3. The molecule has 0 bridgehead atoms. The Bertz CT molecular complexity index is 658. The van der Waals surface area contributed by atoms with E-state index in [0.717, 1.165) is 21.1 Å². The first-order valence-corrected chi connectivity index (χ1v) is 6.71. The lowest BCUT2D eigenvalue weighted by atomic mass is 10.4. The molecule has 6 heteroatoms. The van der Waals surface area contributed by atoms with Crippen LogP contribution in [0.1, 0.15) is 0 Å². The van der Waals surface area contributed by atoms with Crippen LogP contribution < -0.4 is 0 Å². The van der Waals surface area contributed by atoms with Gasteiger partial charge in [0, 0.05) is 21.1 Å². The number of nitrogens with zero attached hydrogens (tertiary/aromatic N) is 2. The van der Waals surface area contributed by atoms with Crippen molar-refractivity contribution in [3.8, 4) is 0 Å². The molecule has 0 saturated heterocycles. The molecule has 2 aromatic heterocycles. The largest absolute Gasteiger partial charge is 0.331 e. The second-order valence-corrected chi connectivity index (χ2v) is 5.58. The van der Waals surface area contributed by atoms with Gasteiger partial charge in [-0.15, -0.1) is 0 Å². The monoisotopic (exact) mass is 295 g/mol. The molecular weight excluding hydrogens is 289 g/mol. The zero-order valence-electron chi connectivity index (χ0n) is 9.02. The smallest absolute Gasteiger partial charge is 0.171 e. The summed E-state index contributed by atoms with van der Waals surface area (Å²) in [4.78, 5) is 12.6. The highest BCUT2D eigenvalue weighted by atomic mass is 35.5. The Morgan fingerprint density at radius 1 is 1.11 bits per heavy atom. The maximum atomic E-state index is 5.96. The molecule has 3 rings (SSSR count). The Balaban J connectivity index is 1.96. The summed E-state index contributed by atoms with van der Waals surface area (Å²) in [6.07, 6.45) is 3.46. The Labute approximate surface area is 118 Å². The van der Waals surface area contributed by atoms with E-state index < -0.39 is 0 Å². The van der Waals surface area contributed by atoms with Gasteiger partial charge in [-0.2, -0.15) is 0 Å². The molecule has 90 valence electrons.